The third kappa shape index (κ3) is 3.60. The molecule has 1 amide bonds. The average molecular weight is 344 g/mol. The molecule has 0 N–H and O–H groups in total. The number of carbonyl (C=O) groups is 1. The minimum absolute atomic E-state index is 0.201. The van der Waals surface area contributed by atoms with E-state index in [1.807, 2.05) is 4.90 Å². The Morgan fingerprint density at radius 1 is 1.37 bits per heavy atom. The van der Waals surface area contributed by atoms with Crippen molar-refractivity contribution in [3.8, 4) is 0 Å². The average Bonchev–Trinajstić information content (AvgIpc) is 2.66. The van der Waals surface area contributed by atoms with Crippen LogP contribution in [0.2, 0.25) is 0 Å². The van der Waals surface area contributed by atoms with Gasteiger partial charge >= 0.3 is 0 Å². The van der Waals surface area contributed by atoms with E-state index in [4.69, 9.17) is 0 Å². The van der Waals surface area contributed by atoms with Gasteiger partial charge in [0.1, 0.15) is 0 Å². The van der Waals surface area contributed by atoms with Gasteiger partial charge in [0, 0.05) is 22.8 Å². The molecule has 1 aromatic rings. The highest BCUT2D eigenvalue weighted by Gasteiger charge is 2.22. The van der Waals surface area contributed by atoms with Crippen LogP contribution < -0.4 is 0 Å². The fourth-order valence-electron chi connectivity index (χ4n) is 2.60. The lowest BCUT2D eigenvalue weighted by molar-refractivity contribution is 0.0724. The molecule has 1 heterocycles. The van der Waals surface area contributed by atoms with Crippen molar-refractivity contribution in [3.05, 3.63) is 21.4 Å². The van der Waals surface area contributed by atoms with Crippen LogP contribution in [0.15, 0.2) is 6.07 Å². The Kier molecular flexibility index (Phi) is 5.46. The van der Waals surface area contributed by atoms with Gasteiger partial charge in [-0.25, -0.2) is 0 Å². The van der Waals surface area contributed by atoms with Gasteiger partial charge in [-0.15, -0.1) is 11.3 Å². The van der Waals surface area contributed by atoms with E-state index in [9.17, 15) is 4.79 Å². The van der Waals surface area contributed by atoms with Crippen molar-refractivity contribution >= 4 is 33.2 Å². The van der Waals surface area contributed by atoms with E-state index >= 15 is 0 Å². The molecule has 1 aliphatic carbocycles. The van der Waals surface area contributed by atoms with E-state index in [1.165, 1.54) is 29.7 Å². The van der Waals surface area contributed by atoms with Crippen molar-refractivity contribution < 1.29 is 4.79 Å². The highest BCUT2D eigenvalue weighted by atomic mass is 79.9. The molecular formula is C15H22BrNOS. The second kappa shape index (κ2) is 6.89. The maximum atomic E-state index is 12.6. The molecule has 4 heteroatoms. The SMILES string of the molecule is CC(C)N(CCBr)C(=O)c1cc2c(s1)CCCCC2. The number of aryl methyl sites for hydroxylation is 2. The van der Waals surface area contributed by atoms with Crippen LogP contribution in [0.4, 0.5) is 0 Å². The number of alkyl halides is 1. The second-order valence-corrected chi connectivity index (χ2v) is 7.33. The van der Waals surface area contributed by atoms with Crippen molar-refractivity contribution in [2.24, 2.45) is 0 Å². The number of nitrogens with zero attached hydrogens (tertiary/aromatic N) is 1. The van der Waals surface area contributed by atoms with Crippen molar-refractivity contribution in [1.82, 2.24) is 4.90 Å². The number of halogens is 1. The van der Waals surface area contributed by atoms with Crippen LogP contribution in [-0.2, 0) is 12.8 Å². The van der Waals surface area contributed by atoms with E-state index in [0.29, 0.717) is 0 Å². The molecule has 0 saturated carbocycles. The number of rotatable bonds is 4. The van der Waals surface area contributed by atoms with Gasteiger partial charge in [0.25, 0.3) is 5.91 Å². The summed E-state index contributed by atoms with van der Waals surface area (Å²) in [4.78, 5) is 16.9. The van der Waals surface area contributed by atoms with Crippen LogP contribution >= 0.6 is 27.3 Å². The summed E-state index contributed by atoms with van der Waals surface area (Å²) in [7, 11) is 0. The van der Waals surface area contributed by atoms with Gasteiger partial charge < -0.3 is 4.90 Å². The Balaban J connectivity index is 2.19. The number of hydrogen-bond donors (Lipinski definition) is 0. The standard InChI is InChI=1S/C15H22BrNOS/c1-11(2)17(9-8-16)15(18)14-10-12-6-4-3-5-7-13(12)19-14/h10-11H,3-9H2,1-2H3. The lowest BCUT2D eigenvalue weighted by Gasteiger charge is -2.25. The Labute approximate surface area is 128 Å². The smallest absolute Gasteiger partial charge is 0.264 e. The van der Waals surface area contributed by atoms with Gasteiger partial charge in [-0.2, -0.15) is 0 Å². The van der Waals surface area contributed by atoms with E-state index in [2.05, 4.69) is 35.8 Å². The van der Waals surface area contributed by atoms with E-state index in [0.717, 1.165) is 29.6 Å². The summed E-state index contributed by atoms with van der Waals surface area (Å²) in [5.74, 6) is 0.201. The first-order valence-corrected chi connectivity index (χ1v) is 9.05. The lowest BCUT2D eigenvalue weighted by atomic mass is 10.1. The summed E-state index contributed by atoms with van der Waals surface area (Å²) in [5.41, 5.74) is 1.42. The first-order chi connectivity index (χ1) is 9.13. The minimum atomic E-state index is 0.201. The van der Waals surface area contributed by atoms with Gasteiger partial charge in [0.2, 0.25) is 0 Å². The summed E-state index contributed by atoms with van der Waals surface area (Å²) >= 11 is 5.16. The normalized spacial score (nSPS) is 15.2. The molecule has 0 radical (unpaired) electrons. The van der Waals surface area contributed by atoms with Crippen LogP contribution in [0.3, 0.4) is 0 Å². The fraction of sp³-hybridized carbons (Fsp3) is 0.667. The third-order valence-corrected chi connectivity index (χ3v) is 5.25. The molecule has 106 valence electrons. The predicted molar refractivity (Wildman–Crippen MR) is 85.5 cm³/mol. The molecule has 0 saturated heterocycles. The predicted octanol–water partition coefficient (Wildman–Crippen LogP) is 4.26. The van der Waals surface area contributed by atoms with Crippen molar-refractivity contribution in [3.63, 3.8) is 0 Å². The maximum Gasteiger partial charge on any atom is 0.264 e. The van der Waals surface area contributed by atoms with Crippen LogP contribution in [0.25, 0.3) is 0 Å². The maximum absolute atomic E-state index is 12.6. The van der Waals surface area contributed by atoms with Gasteiger partial charge in [0.15, 0.2) is 0 Å². The van der Waals surface area contributed by atoms with Gasteiger partial charge in [-0.1, -0.05) is 22.4 Å². The van der Waals surface area contributed by atoms with Crippen LogP contribution in [0.5, 0.6) is 0 Å². The summed E-state index contributed by atoms with van der Waals surface area (Å²) in [6.45, 7) is 4.94. The zero-order valence-electron chi connectivity index (χ0n) is 11.7. The Bertz CT molecular complexity index is 418. The molecule has 0 aromatic carbocycles. The molecule has 0 fully saturated rings. The zero-order valence-corrected chi connectivity index (χ0v) is 14.1. The van der Waals surface area contributed by atoms with Crippen LogP contribution in [-0.4, -0.2) is 28.7 Å². The highest BCUT2D eigenvalue weighted by molar-refractivity contribution is 9.09. The molecule has 2 nitrogen and oxygen atoms in total. The molecule has 19 heavy (non-hydrogen) atoms. The number of hydrogen-bond acceptors (Lipinski definition) is 2. The van der Waals surface area contributed by atoms with Gasteiger partial charge in [-0.05, 0) is 51.2 Å². The minimum Gasteiger partial charge on any atom is -0.335 e. The zero-order chi connectivity index (χ0) is 13.8. The number of thiophene rings is 1. The fourth-order valence-corrected chi connectivity index (χ4v) is 4.19. The van der Waals surface area contributed by atoms with E-state index in [-0.39, 0.29) is 11.9 Å². The molecule has 1 aliphatic rings. The van der Waals surface area contributed by atoms with Crippen LogP contribution in [0, 0.1) is 0 Å². The molecule has 0 aliphatic heterocycles. The molecule has 0 bridgehead atoms. The summed E-state index contributed by atoms with van der Waals surface area (Å²) in [6, 6.07) is 2.41. The largest absolute Gasteiger partial charge is 0.335 e. The third-order valence-electron chi connectivity index (χ3n) is 3.67. The topological polar surface area (TPSA) is 20.3 Å². The van der Waals surface area contributed by atoms with E-state index < -0.39 is 0 Å². The number of amides is 1. The second-order valence-electron chi connectivity index (χ2n) is 5.40. The Morgan fingerprint density at radius 3 is 2.79 bits per heavy atom. The van der Waals surface area contributed by atoms with Crippen molar-refractivity contribution in [2.75, 3.05) is 11.9 Å². The molecule has 1 aromatic heterocycles. The van der Waals surface area contributed by atoms with Gasteiger partial charge in [-0.3, -0.25) is 4.79 Å². The number of fused-ring (bicyclic) bond motifs is 1. The highest BCUT2D eigenvalue weighted by Crippen LogP contribution is 2.30. The molecule has 0 spiro atoms. The molecule has 0 atom stereocenters. The summed E-state index contributed by atoms with van der Waals surface area (Å²) < 4.78 is 0. The molecule has 0 unspecified atom stereocenters. The lowest BCUT2D eigenvalue weighted by Crippen LogP contribution is -2.37. The monoisotopic (exact) mass is 343 g/mol. The Morgan fingerprint density at radius 2 is 2.11 bits per heavy atom. The molecule has 2 rings (SSSR count). The first-order valence-electron chi connectivity index (χ1n) is 7.12. The van der Waals surface area contributed by atoms with Crippen molar-refractivity contribution in [2.45, 2.75) is 52.0 Å². The van der Waals surface area contributed by atoms with Crippen molar-refractivity contribution in [1.29, 1.82) is 0 Å². The number of carbonyl (C=O) groups excluding carboxylic acids is 1. The first kappa shape index (κ1) is 15.0. The summed E-state index contributed by atoms with van der Waals surface area (Å²) in [5, 5.41) is 0.835. The van der Waals surface area contributed by atoms with Crippen LogP contribution in [0.1, 0.15) is 53.2 Å². The molecular weight excluding hydrogens is 322 g/mol. The quantitative estimate of drug-likeness (QED) is 0.590. The van der Waals surface area contributed by atoms with Gasteiger partial charge in [0.05, 0.1) is 4.88 Å². The Hall–Kier alpha value is -0.350. The van der Waals surface area contributed by atoms with E-state index in [1.54, 1.807) is 11.3 Å². The summed E-state index contributed by atoms with van der Waals surface area (Å²) in [6.07, 6.45) is 6.18.